The van der Waals surface area contributed by atoms with Crippen molar-refractivity contribution in [3.05, 3.63) is 68.9 Å². The number of hydrogen-bond acceptors (Lipinski definition) is 5. The zero-order valence-electron chi connectivity index (χ0n) is 19.2. The minimum Gasteiger partial charge on any atom is -0.454 e. The molecule has 0 saturated heterocycles. The number of carbonyl (C=O) groups excluding carboxylic acids is 3. The first-order chi connectivity index (χ1) is 15.8. The standard InChI is InChI=1S/C24H23F3N2O4S/c1-12-9-19(14(3)29(12)18-8-6-7-17(10-18)24(25,26)27)20(31)11-33-23(32)21-13(2)15(4)34-22(21)28-16(5)30/h6-10H,11H2,1-5H3,(H,28,30). The maximum absolute atomic E-state index is 13.1. The number of alkyl halides is 3. The van der Waals surface area contributed by atoms with E-state index in [4.69, 9.17) is 4.74 Å². The Kier molecular flexibility index (Phi) is 7.02. The fourth-order valence-electron chi connectivity index (χ4n) is 3.67. The molecule has 0 saturated carbocycles. The third kappa shape index (κ3) is 5.06. The molecule has 1 amide bonds. The van der Waals surface area contributed by atoms with Gasteiger partial charge in [-0.05, 0) is 57.5 Å². The second kappa shape index (κ2) is 9.46. The highest BCUT2D eigenvalue weighted by Gasteiger charge is 2.31. The van der Waals surface area contributed by atoms with Crippen molar-refractivity contribution in [1.29, 1.82) is 0 Å². The van der Waals surface area contributed by atoms with Crippen LogP contribution in [0.4, 0.5) is 18.2 Å². The number of aryl methyl sites for hydroxylation is 2. The number of rotatable bonds is 6. The molecular weight excluding hydrogens is 469 g/mol. The zero-order valence-corrected chi connectivity index (χ0v) is 20.0. The first-order valence-corrected chi connectivity index (χ1v) is 11.1. The summed E-state index contributed by atoms with van der Waals surface area (Å²) >= 11 is 1.24. The molecule has 1 aromatic carbocycles. The van der Waals surface area contributed by atoms with E-state index in [9.17, 15) is 27.6 Å². The van der Waals surface area contributed by atoms with E-state index in [0.29, 0.717) is 22.0 Å². The van der Waals surface area contributed by atoms with Gasteiger partial charge in [0.1, 0.15) is 5.00 Å². The van der Waals surface area contributed by atoms with Gasteiger partial charge in [0.2, 0.25) is 11.7 Å². The minimum absolute atomic E-state index is 0.194. The molecule has 0 unspecified atom stereocenters. The van der Waals surface area contributed by atoms with Gasteiger partial charge in [0.05, 0.1) is 11.1 Å². The van der Waals surface area contributed by atoms with E-state index >= 15 is 0 Å². The van der Waals surface area contributed by atoms with Gasteiger partial charge in [-0.1, -0.05) is 6.07 Å². The topological polar surface area (TPSA) is 77.4 Å². The number of ketones is 1. The summed E-state index contributed by atoms with van der Waals surface area (Å²) in [6.07, 6.45) is -4.49. The quantitative estimate of drug-likeness (QED) is 0.349. The third-order valence-electron chi connectivity index (χ3n) is 5.38. The van der Waals surface area contributed by atoms with Crippen LogP contribution >= 0.6 is 11.3 Å². The molecule has 0 spiro atoms. The fourth-order valence-corrected chi connectivity index (χ4v) is 4.76. The summed E-state index contributed by atoms with van der Waals surface area (Å²) in [5.41, 5.74) is 1.54. The molecule has 0 radical (unpaired) electrons. The number of nitrogens with zero attached hydrogens (tertiary/aromatic N) is 1. The summed E-state index contributed by atoms with van der Waals surface area (Å²) < 4.78 is 46.2. The minimum atomic E-state index is -4.49. The van der Waals surface area contributed by atoms with Crippen molar-refractivity contribution in [2.24, 2.45) is 0 Å². The van der Waals surface area contributed by atoms with E-state index in [1.807, 2.05) is 0 Å². The summed E-state index contributed by atoms with van der Waals surface area (Å²) in [4.78, 5) is 37.8. The van der Waals surface area contributed by atoms with Crippen LogP contribution in [0.1, 0.15) is 55.0 Å². The molecule has 2 heterocycles. The van der Waals surface area contributed by atoms with Crippen molar-refractivity contribution in [2.75, 3.05) is 11.9 Å². The Balaban J connectivity index is 1.83. The van der Waals surface area contributed by atoms with Crippen LogP contribution < -0.4 is 5.32 Å². The van der Waals surface area contributed by atoms with Gasteiger partial charge in [0, 0.05) is 34.4 Å². The van der Waals surface area contributed by atoms with Crippen molar-refractivity contribution in [1.82, 2.24) is 4.57 Å². The highest BCUT2D eigenvalue weighted by Crippen LogP contribution is 2.34. The molecule has 1 N–H and O–H groups in total. The number of amides is 1. The molecule has 0 atom stereocenters. The number of esters is 1. The number of ether oxygens (including phenoxy) is 1. The van der Waals surface area contributed by atoms with Crippen LogP contribution in [0.5, 0.6) is 0 Å². The monoisotopic (exact) mass is 492 g/mol. The highest BCUT2D eigenvalue weighted by molar-refractivity contribution is 7.16. The van der Waals surface area contributed by atoms with Gasteiger partial charge < -0.3 is 14.6 Å². The van der Waals surface area contributed by atoms with Crippen LogP contribution in [0.2, 0.25) is 0 Å². The van der Waals surface area contributed by atoms with Crippen LogP contribution in [0.3, 0.4) is 0 Å². The molecule has 0 aliphatic heterocycles. The molecule has 0 bridgehead atoms. The summed E-state index contributed by atoms with van der Waals surface area (Å²) in [7, 11) is 0. The maximum atomic E-state index is 13.1. The Hall–Kier alpha value is -3.40. The zero-order chi connectivity index (χ0) is 25.4. The second-order valence-electron chi connectivity index (χ2n) is 7.84. The fraction of sp³-hybridized carbons (Fsp3) is 0.292. The molecule has 0 aliphatic rings. The largest absolute Gasteiger partial charge is 0.454 e. The number of thiophene rings is 1. The lowest BCUT2D eigenvalue weighted by molar-refractivity contribution is -0.137. The number of Topliss-reactive ketones (excluding diaryl/α,β-unsaturated/α-hetero) is 1. The Morgan fingerprint density at radius 2 is 1.76 bits per heavy atom. The molecule has 3 aromatic rings. The Labute approximate surface area is 198 Å². The molecule has 0 aliphatic carbocycles. The van der Waals surface area contributed by atoms with E-state index < -0.39 is 30.1 Å². The number of carbonyl (C=O) groups is 3. The van der Waals surface area contributed by atoms with E-state index in [1.165, 1.54) is 30.4 Å². The lowest BCUT2D eigenvalue weighted by atomic mass is 10.1. The van der Waals surface area contributed by atoms with Crippen molar-refractivity contribution in [3.8, 4) is 5.69 Å². The SMILES string of the molecule is CC(=O)Nc1sc(C)c(C)c1C(=O)OCC(=O)c1cc(C)n(-c2cccc(C(F)(F)F)c2)c1C. The predicted molar refractivity (Wildman–Crippen MR) is 123 cm³/mol. The summed E-state index contributed by atoms with van der Waals surface area (Å²) in [6, 6.07) is 6.37. The van der Waals surface area contributed by atoms with E-state index in [-0.39, 0.29) is 22.7 Å². The van der Waals surface area contributed by atoms with Crippen molar-refractivity contribution >= 4 is 34.0 Å². The molecule has 180 valence electrons. The number of anilines is 1. The summed E-state index contributed by atoms with van der Waals surface area (Å²) in [6.45, 7) is 7.58. The Morgan fingerprint density at radius 1 is 1.09 bits per heavy atom. The predicted octanol–water partition coefficient (Wildman–Crippen LogP) is 5.79. The smallest absolute Gasteiger partial charge is 0.416 e. The van der Waals surface area contributed by atoms with Crippen LogP contribution in [-0.2, 0) is 15.7 Å². The Bertz CT molecular complexity index is 1290. The molecule has 34 heavy (non-hydrogen) atoms. The maximum Gasteiger partial charge on any atom is 0.416 e. The number of nitrogens with one attached hydrogen (secondary N) is 1. The number of halogens is 3. The van der Waals surface area contributed by atoms with E-state index in [0.717, 1.165) is 17.0 Å². The van der Waals surface area contributed by atoms with Gasteiger partial charge in [0.15, 0.2) is 6.61 Å². The molecule has 0 fully saturated rings. The first kappa shape index (κ1) is 25.2. The first-order valence-electron chi connectivity index (χ1n) is 10.3. The lowest BCUT2D eigenvalue weighted by Gasteiger charge is -2.13. The van der Waals surface area contributed by atoms with Crippen molar-refractivity contribution in [2.45, 2.75) is 40.8 Å². The second-order valence-corrected chi connectivity index (χ2v) is 9.06. The molecule has 3 rings (SSSR count). The van der Waals surface area contributed by atoms with Gasteiger partial charge >= 0.3 is 12.1 Å². The summed E-state index contributed by atoms with van der Waals surface area (Å²) in [5, 5.41) is 2.95. The van der Waals surface area contributed by atoms with Gasteiger partial charge in [-0.3, -0.25) is 9.59 Å². The third-order valence-corrected chi connectivity index (χ3v) is 6.50. The Morgan fingerprint density at radius 3 is 2.38 bits per heavy atom. The van der Waals surface area contributed by atoms with Crippen LogP contribution in [0, 0.1) is 27.7 Å². The van der Waals surface area contributed by atoms with Gasteiger partial charge in [-0.2, -0.15) is 13.2 Å². The van der Waals surface area contributed by atoms with Crippen LogP contribution in [-0.4, -0.2) is 28.8 Å². The number of aromatic nitrogens is 1. The van der Waals surface area contributed by atoms with Crippen molar-refractivity contribution < 1.29 is 32.3 Å². The average Bonchev–Trinajstić information content (AvgIpc) is 3.19. The molecule has 2 aromatic heterocycles. The number of hydrogen-bond donors (Lipinski definition) is 1. The van der Waals surface area contributed by atoms with E-state index in [2.05, 4.69) is 5.32 Å². The van der Waals surface area contributed by atoms with Gasteiger partial charge in [-0.15, -0.1) is 11.3 Å². The van der Waals surface area contributed by atoms with Crippen LogP contribution in [0.25, 0.3) is 5.69 Å². The van der Waals surface area contributed by atoms with Crippen molar-refractivity contribution in [3.63, 3.8) is 0 Å². The molecule has 10 heteroatoms. The average molecular weight is 493 g/mol. The summed E-state index contributed by atoms with van der Waals surface area (Å²) in [5.74, 6) is -1.58. The van der Waals surface area contributed by atoms with E-state index in [1.54, 1.807) is 38.3 Å². The molecule has 6 nitrogen and oxygen atoms in total. The lowest BCUT2D eigenvalue weighted by Crippen LogP contribution is -2.17. The van der Waals surface area contributed by atoms with Gasteiger partial charge in [-0.25, -0.2) is 4.79 Å². The highest BCUT2D eigenvalue weighted by atomic mass is 32.1. The van der Waals surface area contributed by atoms with Gasteiger partial charge in [0.25, 0.3) is 0 Å². The normalized spacial score (nSPS) is 11.4. The van der Waals surface area contributed by atoms with Crippen LogP contribution in [0.15, 0.2) is 30.3 Å². The number of benzene rings is 1. The molecular formula is C24H23F3N2O4S.